The molecule has 2 heterocycles. The monoisotopic (exact) mass is 713 g/mol. The smallest absolute Gasteiger partial charge is 0.263 e. The Morgan fingerprint density at radius 3 is 2.25 bits per heavy atom. The molecule has 11 nitrogen and oxygen atoms in total. The Bertz CT molecular complexity index is 2060. The van der Waals surface area contributed by atoms with Gasteiger partial charge in [-0.05, 0) is 48.1 Å². The molecule has 3 aromatic carbocycles. The summed E-state index contributed by atoms with van der Waals surface area (Å²) in [6, 6.07) is 19.6. The molecule has 4 aromatic rings. The van der Waals surface area contributed by atoms with Gasteiger partial charge in [-0.2, -0.15) is 4.57 Å². The zero-order valence-electron chi connectivity index (χ0n) is 26.9. The van der Waals surface area contributed by atoms with Crippen molar-refractivity contribution in [1.82, 2.24) is 0 Å². The summed E-state index contributed by atoms with van der Waals surface area (Å²) in [6.45, 7) is 2.72. The minimum absolute atomic E-state index is 0.134. The summed E-state index contributed by atoms with van der Waals surface area (Å²) < 4.78 is 88.2. The number of anilines is 1. The molecule has 1 aromatic heterocycles. The lowest BCUT2D eigenvalue weighted by atomic mass is 10.0. The first kappa shape index (κ1) is 35.4. The van der Waals surface area contributed by atoms with Crippen LogP contribution in [0.4, 0.5) is 5.69 Å². The van der Waals surface area contributed by atoms with Crippen LogP contribution in [0.3, 0.4) is 0 Å². The van der Waals surface area contributed by atoms with Gasteiger partial charge in [0, 0.05) is 42.7 Å². The number of methoxy groups -OCH3 is 2. The maximum Gasteiger partial charge on any atom is 0.263 e. The Morgan fingerprint density at radius 1 is 0.896 bits per heavy atom. The predicted molar refractivity (Wildman–Crippen MR) is 184 cm³/mol. The fourth-order valence-corrected chi connectivity index (χ4v) is 7.74. The summed E-state index contributed by atoms with van der Waals surface area (Å²) in [6.07, 6.45) is 5.36. The largest absolute Gasteiger partial charge is 0.748 e. The minimum Gasteiger partial charge on any atom is -0.748 e. The van der Waals surface area contributed by atoms with Crippen molar-refractivity contribution in [3.8, 4) is 28.4 Å². The van der Waals surface area contributed by atoms with Crippen LogP contribution in [0.15, 0.2) is 78.2 Å². The molecule has 0 bridgehead atoms. The van der Waals surface area contributed by atoms with Crippen molar-refractivity contribution in [2.45, 2.75) is 39.2 Å². The van der Waals surface area contributed by atoms with Crippen LogP contribution >= 0.6 is 11.3 Å². The summed E-state index contributed by atoms with van der Waals surface area (Å²) >= 11 is 1.49. The maximum absolute atomic E-state index is 11.4. The van der Waals surface area contributed by atoms with Gasteiger partial charge in [-0.3, -0.25) is 0 Å². The summed E-state index contributed by atoms with van der Waals surface area (Å²) in [7, 11) is -5.61. The zero-order valence-corrected chi connectivity index (χ0v) is 29.3. The van der Waals surface area contributed by atoms with Crippen LogP contribution in [-0.2, 0) is 26.8 Å². The van der Waals surface area contributed by atoms with Crippen LogP contribution in [-0.4, -0.2) is 58.2 Å². The van der Waals surface area contributed by atoms with E-state index in [1.54, 1.807) is 14.2 Å². The lowest BCUT2D eigenvalue weighted by Gasteiger charge is -2.19. The molecule has 0 amide bonds. The molecule has 14 heteroatoms. The van der Waals surface area contributed by atoms with Crippen molar-refractivity contribution >= 4 is 53.6 Å². The Labute approximate surface area is 285 Å². The lowest BCUT2D eigenvalue weighted by Crippen LogP contribution is -2.36. The van der Waals surface area contributed by atoms with E-state index in [0.717, 1.165) is 37.6 Å². The van der Waals surface area contributed by atoms with E-state index < -0.39 is 31.7 Å². The molecule has 0 aliphatic carbocycles. The van der Waals surface area contributed by atoms with Crippen LogP contribution in [0.25, 0.3) is 27.4 Å². The Balaban J connectivity index is 1.54. The molecule has 0 unspecified atom stereocenters. The average Bonchev–Trinajstić information content (AvgIpc) is 3.56. The first-order chi connectivity index (χ1) is 22.9. The number of benzene rings is 3. The second-order valence-electron chi connectivity index (χ2n) is 11.2. The molecule has 0 saturated heterocycles. The van der Waals surface area contributed by atoms with Crippen LogP contribution in [0, 0.1) is 0 Å². The van der Waals surface area contributed by atoms with Gasteiger partial charge in [0.25, 0.3) is 5.01 Å². The third-order valence-corrected chi connectivity index (χ3v) is 10.6. The number of hydrogen-bond donors (Lipinski definition) is 0. The maximum atomic E-state index is 11.4. The molecule has 0 radical (unpaired) electrons. The second-order valence-corrected chi connectivity index (χ2v) is 15.3. The van der Waals surface area contributed by atoms with Gasteiger partial charge in [0.2, 0.25) is 11.4 Å². The van der Waals surface area contributed by atoms with E-state index >= 15 is 0 Å². The average molecular weight is 714 g/mol. The molecule has 0 atom stereocenters. The van der Waals surface area contributed by atoms with Crippen molar-refractivity contribution in [2.24, 2.45) is 0 Å². The highest BCUT2D eigenvalue weighted by atomic mass is 32.2. The van der Waals surface area contributed by atoms with E-state index in [2.05, 4.69) is 0 Å². The van der Waals surface area contributed by atoms with Crippen molar-refractivity contribution in [3.05, 3.63) is 83.2 Å². The van der Waals surface area contributed by atoms with Gasteiger partial charge in [0.05, 0.1) is 46.2 Å². The Kier molecular flexibility index (Phi) is 11.1. The first-order valence-corrected chi connectivity index (χ1v) is 19.4. The fourth-order valence-electron chi connectivity index (χ4n) is 5.53. The number of aromatic nitrogens is 1. The number of thiazole rings is 1. The van der Waals surface area contributed by atoms with E-state index in [0.29, 0.717) is 42.5 Å². The highest BCUT2D eigenvalue weighted by Crippen LogP contribution is 2.42. The van der Waals surface area contributed by atoms with E-state index in [4.69, 9.17) is 14.2 Å². The number of aryl methyl sites for hydroxylation is 1. The van der Waals surface area contributed by atoms with Gasteiger partial charge in [0.1, 0.15) is 4.70 Å². The van der Waals surface area contributed by atoms with Gasteiger partial charge in [0.15, 0.2) is 23.8 Å². The fraction of sp³-hybridized carbons (Fsp3) is 0.324. The van der Waals surface area contributed by atoms with E-state index in [1.807, 2.05) is 89.2 Å². The number of ether oxygens (including phenoxy) is 3. The Hall–Kier alpha value is -3.95. The minimum atomic E-state index is -4.38. The predicted octanol–water partition coefficient (Wildman–Crippen LogP) is 5.67. The van der Waals surface area contributed by atoms with Gasteiger partial charge >= 0.3 is 0 Å². The molecule has 1 aliphatic rings. The van der Waals surface area contributed by atoms with E-state index in [9.17, 15) is 25.9 Å². The van der Waals surface area contributed by atoms with Gasteiger partial charge in [-0.25, -0.2) is 16.8 Å². The third kappa shape index (κ3) is 8.74. The van der Waals surface area contributed by atoms with Gasteiger partial charge < -0.3 is 28.2 Å². The van der Waals surface area contributed by atoms with E-state index in [-0.39, 0.29) is 19.4 Å². The normalized spacial score (nSPS) is 14.4. The summed E-state index contributed by atoms with van der Waals surface area (Å²) in [5.74, 6) is 1.37. The molecule has 256 valence electrons. The van der Waals surface area contributed by atoms with Crippen molar-refractivity contribution in [3.63, 3.8) is 0 Å². The standard InChI is InChI=1S/C34H38N2O9S3/c1-4-24(20-34-36(16-10-18-48(40,41)42)28-22-30(43-2)31(44-3)23-32(28)46-34)19-33-35(15-8-9-17-47(37,38)39)27-21-26(13-14-29(27)45-33)25-11-6-5-7-12-25/h5-7,11-14,19-23H,4,8-10,15-18H2,1-3H3,(H-,37,38,39,40,41,42)/p-1. The lowest BCUT2D eigenvalue weighted by molar-refractivity contribution is -0.668. The highest BCUT2D eigenvalue weighted by molar-refractivity contribution is 7.85. The SMILES string of the molecule is CCC(/C=C1\Oc2ccc(-c3ccccc3)cc2N1CCCCS(=O)(=O)[O-])=C\c1sc2cc(OC)c(OC)cc2[n+]1CCCS(=O)(=O)[O-]. The molecule has 0 spiro atoms. The van der Waals surface area contributed by atoms with Crippen LogP contribution in [0.5, 0.6) is 17.2 Å². The first-order valence-electron chi connectivity index (χ1n) is 15.4. The summed E-state index contributed by atoms with van der Waals surface area (Å²) in [5.41, 5.74) is 4.58. The molecule has 5 rings (SSSR count). The number of rotatable bonds is 15. The van der Waals surface area contributed by atoms with E-state index in [1.165, 1.54) is 11.3 Å². The number of allylic oxidation sites excluding steroid dienone is 2. The van der Waals surface area contributed by atoms with Gasteiger partial charge in [-0.1, -0.05) is 54.7 Å². The van der Waals surface area contributed by atoms with Crippen LogP contribution < -0.4 is 23.7 Å². The topological polar surface area (TPSA) is 149 Å². The quantitative estimate of drug-likeness (QED) is 0.0857. The molecular weight excluding hydrogens is 677 g/mol. The molecule has 48 heavy (non-hydrogen) atoms. The molecule has 0 N–H and O–H groups in total. The van der Waals surface area contributed by atoms with Crippen LogP contribution in [0.1, 0.15) is 37.6 Å². The summed E-state index contributed by atoms with van der Waals surface area (Å²) in [4.78, 5) is 2.00. The molecule has 1 aliphatic heterocycles. The van der Waals surface area contributed by atoms with Crippen LogP contribution in [0.2, 0.25) is 0 Å². The summed E-state index contributed by atoms with van der Waals surface area (Å²) in [5, 5.41) is 0.825. The second kappa shape index (κ2) is 15.1. The third-order valence-electron chi connectivity index (χ3n) is 7.90. The number of nitrogens with zero attached hydrogens (tertiary/aromatic N) is 2. The molecule has 0 saturated carbocycles. The number of hydrogen-bond acceptors (Lipinski definition) is 11. The molecule has 0 fully saturated rings. The number of fused-ring (bicyclic) bond motifs is 2. The van der Waals surface area contributed by atoms with Crippen molar-refractivity contribution < 1.29 is 44.7 Å². The van der Waals surface area contributed by atoms with Gasteiger partial charge in [-0.15, -0.1) is 0 Å². The van der Waals surface area contributed by atoms with Crippen molar-refractivity contribution in [1.29, 1.82) is 0 Å². The Morgan fingerprint density at radius 2 is 1.58 bits per heavy atom. The zero-order chi connectivity index (χ0) is 34.5. The highest BCUT2D eigenvalue weighted by Gasteiger charge is 2.28. The number of unbranched alkanes of at least 4 members (excludes halogenated alkanes) is 1. The van der Waals surface area contributed by atoms with Crippen molar-refractivity contribution in [2.75, 3.05) is 37.2 Å². The molecular formula is C34H37N2O9S3-.